The third-order valence-corrected chi connectivity index (χ3v) is 6.40. The molecule has 0 saturated carbocycles. The van der Waals surface area contributed by atoms with Gasteiger partial charge in [-0.25, -0.2) is 9.79 Å². The molecule has 12 heteroatoms. The van der Waals surface area contributed by atoms with Crippen molar-refractivity contribution in [2.24, 2.45) is 34.0 Å². The van der Waals surface area contributed by atoms with Crippen LogP contribution < -0.4 is 26.7 Å². The largest absolute Gasteiger partial charge is 0.492 e. The van der Waals surface area contributed by atoms with Crippen LogP contribution in [0.3, 0.4) is 0 Å². The summed E-state index contributed by atoms with van der Waals surface area (Å²) in [6.45, 7) is 11.9. The molecule has 0 aliphatic carbocycles. The van der Waals surface area contributed by atoms with Crippen LogP contribution in [0.5, 0.6) is 11.5 Å². The Hall–Kier alpha value is -4.61. The molecular weight excluding hydrogens is 556 g/mol. The van der Waals surface area contributed by atoms with Gasteiger partial charge in [-0.3, -0.25) is 14.4 Å². The number of guanidine groups is 1. The molecular formula is C31H40N4O8. The zero-order valence-corrected chi connectivity index (χ0v) is 25.6. The van der Waals surface area contributed by atoms with Gasteiger partial charge in [0.05, 0.1) is 36.1 Å². The number of amides is 1. The number of ether oxygens (including phenoxy) is 4. The quantitative estimate of drug-likeness (QED) is 0.167. The second kappa shape index (κ2) is 12.7. The first-order valence-corrected chi connectivity index (χ1v) is 13.8. The van der Waals surface area contributed by atoms with Crippen LogP contribution in [-0.2, 0) is 23.9 Å². The molecule has 0 radical (unpaired) electrons. The van der Waals surface area contributed by atoms with Gasteiger partial charge in [-0.15, -0.1) is 0 Å². The van der Waals surface area contributed by atoms with Gasteiger partial charge >= 0.3 is 17.9 Å². The molecule has 1 aliphatic rings. The Kier molecular flexibility index (Phi) is 9.73. The molecule has 3 atom stereocenters. The minimum absolute atomic E-state index is 0.00104. The molecule has 0 fully saturated rings. The van der Waals surface area contributed by atoms with Crippen molar-refractivity contribution < 1.29 is 38.1 Å². The van der Waals surface area contributed by atoms with E-state index in [0.717, 1.165) is 0 Å². The van der Waals surface area contributed by atoms with Crippen LogP contribution in [0.1, 0.15) is 75.4 Å². The summed E-state index contributed by atoms with van der Waals surface area (Å²) < 4.78 is 22.5. The molecule has 2 unspecified atom stereocenters. The van der Waals surface area contributed by atoms with Crippen molar-refractivity contribution in [3.05, 3.63) is 53.1 Å². The molecule has 6 N–H and O–H groups in total. The minimum Gasteiger partial charge on any atom is -0.492 e. The summed E-state index contributed by atoms with van der Waals surface area (Å²) in [5, 5.41) is 0. The average molecular weight is 597 g/mol. The van der Waals surface area contributed by atoms with E-state index in [1.165, 1.54) is 18.2 Å². The lowest BCUT2D eigenvalue weighted by atomic mass is 9.75. The van der Waals surface area contributed by atoms with Crippen LogP contribution in [0, 0.1) is 18.8 Å². The summed E-state index contributed by atoms with van der Waals surface area (Å²) in [5.41, 5.74) is 17.0. The number of carbonyl (C=O) groups excluding carboxylic acids is 4. The van der Waals surface area contributed by atoms with E-state index in [9.17, 15) is 19.2 Å². The van der Waals surface area contributed by atoms with E-state index in [-0.39, 0.29) is 23.9 Å². The summed E-state index contributed by atoms with van der Waals surface area (Å²) in [4.78, 5) is 55.9. The van der Waals surface area contributed by atoms with Crippen LogP contribution in [-0.4, -0.2) is 47.6 Å². The molecule has 12 nitrogen and oxygen atoms in total. The summed E-state index contributed by atoms with van der Waals surface area (Å²) in [5.74, 6) is -5.43. The van der Waals surface area contributed by atoms with E-state index in [4.69, 9.17) is 36.1 Å². The van der Waals surface area contributed by atoms with Crippen LogP contribution in [0.2, 0.25) is 0 Å². The number of nitrogens with zero attached hydrogens (tertiary/aromatic N) is 1. The fraction of sp³-hybridized carbons (Fsp3) is 0.452. The van der Waals surface area contributed by atoms with Gasteiger partial charge in [0.25, 0.3) is 0 Å². The maximum Gasteiger partial charge on any atom is 0.343 e. The standard InChI is InChI=1S/C31H40N4O8/c1-16-12-19(41-27(38)17-8-10-18(11-9-17)35-29(33)34)13-22-24(16)21(15-40-22)25(26(32)37)20(28(39)43-31(5,6)7)14-23(36)42-30(2,3)4/h8-13,20-21,25H,14-15H2,1-7H3,(H2,32,37)(H4,33,34,35)/t20-,21?,25?/m0/s1. The molecule has 1 aliphatic heterocycles. The third kappa shape index (κ3) is 8.94. The summed E-state index contributed by atoms with van der Waals surface area (Å²) in [6.07, 6.45) is -0.414. The molecule has 0 spiro atoms. The van der Waals surface area contributed by atoms with Crippen LogP contribution >= 0.6 is 0 Å². The van der Waals surface area contributed by atoms with E-state index in [2.05, 4.69) is 4.99 Å². The number of carbonyl (C=O) groups is 4. The summed E-state index contributed by atoms with van der Waals surface area (Å²) in [6, 6.07) is 9.34. The number of esters is 3. The van der Waals surface area contributed by atoms with Crippen LogP contribution in [0.15, 0.2) is 41.4 Å². The topological polar surface area (TPSA) is 196 Å². The molecule has 0 bridgehead atoms. The highest BCUT2D eigenvalue weighted by Crippen LogP contribution is 2.46. The fourth-order valence-corrected chi connectivity index (χ4v) is 4.89. The van der Waals surface area contributed by atoms with E-state index in [1.807, 2.05) is 0 Å². The predicted octanol–water partition coefficient (Wildman–Crippen LogP) is 3.39. The van der Waals surface area contributed by atoms with Crippen molar-refractivity contribution in [3.63, 3.8) is 0 Å². The van der Waals surface area contributed by atoms with E-state index >= 15 is 0 Å². The third-order valence-electron chi connectivity index (χ3n) is 6.40. The number of fused-ring (bicyclic) bond motifs is 1. The van der Waals surface area contributed by atoms with Crippen molar-refractivity contribution in [1.29, 1.82) is 0 Å². The molecule has 1 amide bonds. The van der Waals surface area contributed by atoms with Crippen LogP contribution in [0.25, 0.3) is 0 Å². The first-order valence-electron chi connectivity index (χ1n) is 13.8. The highest BCUT2D eigenvalue weighted by Gasteiger charge is 2.46. The monoisotopic (exact) mass is 596 g/mol. The number of nitrogens with two attached hydrogens (primary N) is 3. The smallest absolute Gasteiger partial charge is 0.343 e. The predicted molar refractivity (Wildman–Crippen MR) is 159 cm³/mol. The second-order valence-corrected chi connectivity index (χ2v) is 12.4. The summed E-state index contributed by atoms with van der Waals surface area (Å²) >= 11 is 0. The highest BCUT2D eigenvalue weighted by molar-refractivity contribution is 5.92. The minimum atomic E-state index is -1.23. The normalized spacial score (nSPS) is 15.7. The second-order valence-electron chi connectivity index (χ2n) is 12.4. The van der Waals surface area contributed by atoms with Gasteiger partial charge in [0.1, 0.15) is 22.7 Å². The number of benzene rings is 2. The maximum atomic E-state index is 13.4. The van der Waals surface area contributed by atoms with Gasteiger partial charge in [0.15, 0.2) is 5.96 Å². The number of hydrogen-bond donors (Lipinski definition) is 3. The van der Waals surface area contributed by atoms with Gasteiger partial charge in [-0.1, -0.05) is 0 Å². The lowest BCUT2D eigenvalue weighted by molar-refractivity contribution is -0.170. The molecule has 0 aromatic heterocycles. The Labute approximate surface area is 250 Å². The molecule has 1 heterocycles. The zero-order valence-electron chi connectivity index (χ0n) is 25.6. The van der Waals surface area contributed by atoms with Gasteiger partial charge in [0, 0.05) is 17.5 Å². The van der Waals surface area contributed by atoms with E-state index in [1.54, 1.807) is 66.7 Å². The molecule has 232 valence electrons. The Balaban J connectivity index is 1.91. The Morgan fingerprint density at radius 3 is 2.09 bits per heavy atom. The molecule has 43 heavy (non-hydrogen) atoms. The van der Waals surface area contributed by atoms with Crippen molar-refractivity contribution in [2.75, 3.05) is 6.61 Å². The lowest BCUT2D eigenvalue weighted by Crippen LogP contribution is -2.43. The molecule has 0 saturated heterocycles. The first-order chi connectivity index (χ1) is 19.8. The van der Waals surface area contributed by atoms with Gasteiger partial charge in [0.2, 0.25) is 5.91 Å². The highest BCUT2D eigenvalue weighted by atomic mass is 16.6. The summed E-state index contributed by atoms with van der Waals surface area (Å²) in [7, 11) is 0. The lowest BCUT2D eigenvalue weighted by Gasteiger charge is -2.31. The number of primary amides is 1. The zero-order chi connectivity index (χ0) is 32.3. The first kappa shape index (κ1) is 32.9. The van der Waals surface area contributed by atoms with Gasteiger partial charge in [-0.2, -0.15) is 0 Å². The SMILES string of the molecule is Cc1cc(OC(=O)c2ccc(N=C(N)N)cc2)cc2c1C(C(C(N)=O)[C@H](CC(=O)OC(C)(C)C)C(=O)OC(C)(C)C)CO2. The van der Waals surface area contributed by atoms with Crippen LogP contribution in [0.4, 0.5) is 5.69 Å². The molecule has 2 aromatic rings. The van der Waals surface area contributed by atoms with Crippen molar-refractivity contribution in [1.82, 2.24) is 0 Å². The fourth-order valence-electron chi connectivity index (χ4n) is 4.89. The van der Waals surface area contributed by atoms with Crippen molar-refractivity contribution in [2.45, 2.75) is 72.0 Å². The number of hydrogen-bond acceptors (Lipinski definition) is 9. The van der Waals surface area contributed by atoms with Crippen molar-refractivity contribution in [3.8, 4) is 11.5 Å². The van der Waals surface area contributed by atoms with Gasteiger partial charge in [-0.05, 0) is 84.4 Å². The average Bonchev–Trinajstić information content (AvgIpc) is 3.25. The number of rotatable bonds is 9. The van der Waals surface area contributed by atoms with E-state index < -0.39 is 59.2 Å². The Morgan fingerprint density at radius 1 is 0.953 bits per heavy atom. The van der Waals surface area contributed by atoms with Gasteiger partial charge < -0.3 is 36.1 Å². The number of aryl methyl sites for hydroxylation is 1. The molecule has 3 rings (SSSR count). The Bertz CT molecular complexity index is 1420. The van der Waals surface area contributed by atoms with E-state index in [0.29, 0.717) is 22.6 Å². The van der Waals surface area contributed by atoms with Crippen molar-refractivity contribution >= 4 is 35.5 Å². The number of aliphatic imine (C=N–C) groups is 1. The maximum absolute atomic E-state index is 13.4. The molecule has 2 aromatic carbocycles. The Morgan fingerprint density at radius 2 is 1.56 bits per heavy atom.